The Hall–Kier alpha value is -2.41. The topological polar surface area (TPSA) is 129 Å². The maximum absolute atomic E-state index is 12.3. The average Bonchev–Trinajstić information content (AvgIpc) is 3.18. The Balaban J connectivity index is 1.75. The molecule has 0 saturated carbocycles. The second-order valence-corrected chi connectivity index (χ2v) is 6.80. The average molecular weight is 404 g/mol. The van der Waals surface area contributed by atoms with Crippen LogP contribution in [0.4, 0.5) is 19.0 Å². The predicted molar refractivity (Wildman–Crippen MR) is 89.1 cm³/mol. The summed E-state index contributed by atoms with van der Waals surface area (Å²) in [6.45, 7) is -0.422. The van der Waals surface area contributed by atoms with Crippen molar-refractivity contribution in [3.8, 4) is 0 Å². The van der Waals surface area contributed by atoms with E-state index in [0.717, 1.165) is 11.8 Å². The van der Waals surface area contributed by atoms with E-state index < -0.39 is 31.3 Å². The molecule has 2 aromatic heterocycles. The quantitative estimate of drug-likeness (QED) is 0.403. The van der Waals surface area contributed by atoms with Gasteiger partial charge >= 0.3 is 12.1 Å². The highest BCUT2D eigenvalue weighted by molar-refractivity contribution is 7.99. The second-order valence-electron chi connectivity index (χ2n) is 5.74. The summed E-state index contributed by atoms with van der Waals surface area (Å²) in [5, 5.41) is 16.7. The third kappa shape index (κ3) is 4.86. The summed E-state index contributed by atoms with van der Waals surface area (Å²) in [4.78, 5) is 18.8. The number of nitrogens with zero attached hydrogens (tertiary/aromatic N) is 5. The molecule has 2 heterocycles. The van der Waals surface area contributed by atoms with Crippen molar-refractivity contribution >= 4 is 34.7 Å². The number of fused-ring (bicyclic) bond motifs is 1. The SMILES string of the molecule is Nc1nc(SCCC(F)(F)F)nc2c1nnn2C1C=CC(OCC(=O)O)C1. The highest BCUT2D eigenvalue weighted by Crippen LogP contribution is 2.30. The molecule has 0 saturated heterocycles. The summed E-state index contributed by atoms with van der Waals surface area (Å²) >= 11 is 0.844. The van der Waals surface area contributed by atoms with E-state index in [1.807, 2.05) is 0 Å². The second kappa shape index (κ2) is 7.68. The molecule has 146 valence electrons. The minimum Gasteiger partial charge on any atom is -0.480 e. The van der Waals surface area contributed by atoms with Crippen LogP contribution in [-0.2, 0) is 9.53 Å². The molecule has 3 rings (SSSR count). The number of aromatic nitrogens is 5. The molecule has 1 aliphatic carbocycles. The summed E-state index contributed by atoms with van der Waals surface area (Å²) < 4.78 is 43.6. The monoisotopic (exact) mass is 404 g/mol. The van der Waals surface area contributed by atoms with Gasteiger partial charge in [-0.05, 0) is 0 Å². The zero-order valence-corrected chi connectivity index (χ0v) is 14.6. The zero-order valence-electron chi connectivity index (χ0n) is 13.8. The zero-order chi connectivity index (χ0) is 19.6. The van der Waals surface area contributed by atoms with Gasteiger partial charge < -0.3 is 15.6 Å². The van der Waals surface area contributed by atoms with Crippen LogP contribution in [0.25, 0.3) is 11.2 Å². The Bertz CT molecular complexity index is 872. The lowest BCUT2D eigenvalue weighted by Crippen LogP contribution is -2.17. The van der Waals surface area contributed by atoms with Crippen LogP contribution in [0.1, 0.15) is 18.9 Å². The van der Waals surface area contributed by atoms with Crippen LogP contribution in [0.3, 0.4) is 0 Å². The summed E-state index contributed by atoms with van der Waals surface area (Å²) in [6.07, 6.45) is -1.72. The van der Waals surface area contributed by atoms with Crippen LogP contribution in [0.5, 0.6) is 0 Å². The van der Waals surface area contributed by atoms with Crippen molar-refractivity contribution in [1.29, 1.82) is 0 Å². The first kappa shape index (κ1) is 19.4. The number of allylic oxidation sites excluding steroid dienone is 1. The van der Waals surface area contributed by atoms with Gasteiger partial charge in [-0.25, -0.2) is 19.4 Å². The Kier molecular flexibility index (Phi) is 5.51. The van der Waals surface area contributed by atoms with Gasteiger partial charge in [0.05, 0.1) is 18.6 Å². The summed E-state index contributed by atoms with van der Waals surface area (Å²) in [6, 6.07) is -0.295. The van der Waals surface area contributed by atoms with E-state index in [1.165, 1.54) is 4.68 Å². The van der Waals surface area contributed by atoms with Crippen molar-refractivity contribution in [1.82, 2.24) is 25.0 Å². The highest BCUT2D eigenvalue weighted by Gasteiger charge is 2.28. The number of anilines is 1. The number of thioether (sulfide) groups is 1. The lowest BCUT2D eigenvalue weighted by molar-refractivity contribution is -0.143. The van der Waals surface area contributed by atoms with Crippen LogP contribution in [0, 0.1) is 0 Å². The molecule has 0 fully saturated rings. The van der Waals surface area contributed by atoms with Gasteiger partial charge in [-0.3, -0.25) is 0 Å². The van der Waals surface area contributed by atoms with E-state index in [9.17, 15) is 18.0 Å². The van der Waals surface area contributed by atoms with E-state index in [-0.39, 0.29) is 28.3 Å². The number of rotatable bonds is 7. The predicted octanol–water partition coefficient (Wildman–Crippen LogP) is 1.82. The molecule has 1 aliphatic rings. The molecule has 2 aromatic rings. The van der Waals surface area contributed by atoms with E-state index >= 15 is 0 Å². The summed E-state index contributed by atoms with van der Waals surface area (Å²) in [5.74, 6) is -1.27. The van der Waals surface area contributed by atoms with E-state index in [2.05, 4.69) is 20.3 Å². The Morgan fingerprint density at radius 2 is 2.19 bits per heavy atom. The molecule has 3 N–H and O–H groups in total. The fourth-order valence-electron chi connectivity index (χ4n) is 2.51. The van der Waals surface area contributed by atoms with Gasteiger partial charge in [-0.2, -0.15) is 13.2 Å². The lowest BCUT2D eigenvalue weighted by Gasteiger charge is -2.12. The number of carboxylic acid groups (broad SMARTS) is 1. The van der Waals surface area contributed by atoms with Gasteiger partial charge in [0.2, 0.25) is 0 Å². The summed E-state index contributed by atoms with van der Waals surface area (Å²) in [5.41, 5.74) is 6.37. The number of hydrogen-bond donors (Lipinski definition) is 2. The molecule has 0 bridgehead atoms. The van der Waals surface area contributed by atoms with Gasteiger partial charge in [0.25, 0.3) is 0 Å². The number of carbonyl (C=O) groups is 1. The fraction of sp³-hybridized carbons (Fsp3) is 0.500. The number of nitrogens with two attached hydrogens (primary N) is 1. The van der Waals surface area contributed by atoms with Crippen molar-refractivity contribution in [2.45, 2.75) is 36.3 Å². The number of alkyl halides is 3. The number of ether oxygens (including phenoxy) is 1. The molecule has 27 heavy (non-hydrogen) atoms. The minimum absolute atomic E-state index is 0.0291. The third-order valence-corrected chi connectivity index (χ3v) is 4.55. The number of aliphatic carboxylic acids is 1. The molecule has 0 spiro atoms. The highest BCUT2D eigenvalue weighted by atomic mass is 32.2. The van der Waals surface area contributed by atoms with Gasteiger partial charge in [-0.1, -0.05) is 29.1 Å². The molecule has 0 amide bonds. The Morgan fingerprint density at radius 3 is 2.89 bits per heavy atom. The molecule has 9 nitrogen and oxygen atoms in total. The molecule has 0 aliphatic heterocycles. The van der Waals surface area contributed by atoms with Crippen LogP contribution < -0.4 is 5.73 Å². The third-order valence-electron chi connectivity index (χ3n) is 3.70. The van der Waals surface area contributed by atoms with E-state index in [1.54, 1.807) is 12.2 Å². The van der Waals surface area contributed by atoms with E-state index in [0.29, 0.717) is 12.1 Å². The molecular formula is C14H15F3N6O3S. The first-order valence-electron chi connectivity index (χ1n) is 7.82. The number of halogens is 3. The summed E-state index contributed by atoms with van der Waals surface area (Å²) in [7, 11) is 0. The maximum atomic E-state index is 12.3. The standard InChI is InChI=1S/C14H15F3N6O3S/c15-14(16,17)3-4-27-13-19-11(18)10-12(20-13)23(22-21-10)7-1-2-8(5-7)26-6-9(24)25/h1-2,7-8H,3-6H2,(H,24,25)(H2,18,19,20). The number of nitrogen functional groups attached to an aromatic ring is 1. The van der Waals surface area contributed by atoms with Crippen molar-refractivity contribution in [3.05, 3.63) is 12.2 Å². The molecular weight excluding hydrogens is 389 g/mol. The normalized spacial score (nSPS) is 19.8. The van der Waals surface area contributed by atoms with Gasteiger partial charge in [0, 0.05) is 12.2 Å². The van der Waals surface area contributed by atoms with Crippen molar-refractivity contribution in [3.63, 3.8) is 0 Å². The van der Waals surface area contributed by atoms with Crippen molar-refractivity contribution in [2.75, 3.05) is 18.1 Å². The van der Waals surface area contributed by atoms with Crippen LogP contribution in [0.15, 0.2) is 17.3 Å². The minimum atomic E-state index is -4.26. The molecule has 0 aromatic carbocycles. The lowest BCUT2D eigenvalue weighted by atomic mass is 10.2. The first-order chi connectivity index (χ1) is 12.7. The maximum Gasteiger partial charge on any atom is 0.389 e. The smallest absolute Gasteiger partial charge is 0.389 e. The number of hydrogen-bond acceptors (Lipinski definition) is 8. The Labute approximate surface area is 154 Å². The van der Waals surface area contributed by atoms with Crippen molar-refractivity contribution in [2.24, 2.45) is 0 Å². The molecule has 2 atom stereocenters. The van der Waals surface area contributed by atoms with Gasteiger partial charge in [0.15, 0.2) is 22.1 Å². The van der Waals surface area contributed by atoms with Gasteiger partial charge in [0.1, 0.15) is 6.61 Å². The number of carboxylic acids is 1. The molecule has 2 unspecified atom stereocenters. The molecule has 0 radical (unpaired) electrons. The largest absolute Gasteiger partial charge is 0.480 e. The fourth-order valence-corrected chi connectivity index (χ4v) is 3.34. The molecule has 13 heteroatoms. The van der Waals surface area contributed by atoms with Crippen LogP contribution in [-0.4, -0.2) is 60.7 Å². The first-order valence-corrected chi connectivity index (χ1v) is 8.81. The van der Waals surface area contributed by atoms with E-state index in [4.69, 9.17) is 15.6 Å². The van der Waals surface area contributed by atoms with Gasteiger partial charge in [-0.15, -0.1) is 5.10 Å². The van der Waals surface area contributed by atoms with Crippen LogP contribution in [0.2, 0.25) is 0 Å². The Morgan fingerprint density at radius 1 is 1.41 bits per heavy atom. The van der Waals surface area contributed by atoms with Crippen molar-refractivity contribution < 1.29 is 27.8 Å². The van der Waals surface area contributed by atoms with Crippen LogP contribution >= 0.6 is 11.8 Å².